The van der Waals surface area contributed by atoms with Crippen molar-refractivity contribution in [3.05, 3.63) is 53.1 Å². The maximum Gasteiger partial charge on any atom is 0.253 e. The Morgan fingerprint density at radius 3 is 2.68 bits per heavy atom. The molecule has 0 bridgehead atoms. The zero-order valence-corrected chi connectivity index (χ0v) is 18.4. The van der Waals surface area contributed by atoms with E-state index in [1.165, 1.54) is 9.80 Å². The summed E-state index contributed by atoms with van der Waals surface area (Å²) < 4.78 is 0. The van der Waals surface area contributed by atoms with Crippen molar-refractivity contribution in [1.82, 2.24) is 4.90 Å². The lowest BCUT2D eigenvalue weighted by Gasteiger charge is -2.45. The van der Waals surface area contributed by atoms with Crippen LogP contribution in [-0.4, -0.2) is 55.8 Å². The van der Waals surface area contributed by atoms with E-state index >= 15 is 0 Å². The molecule has 8 heteroatoms. The van der Waals surface area contributed by atoms with Crippen molar-refractivity contribution >= 4 is 46.4 Å². The first-order valence-electron chi connectivity index (χ1n) is 10.3. The molecular formula is C23H25ClN4O3. The van der Waals surface area contributed by atoms with Crippen LogP contribution in [0.2, 0.25) is 5.02 Å². The summed E-state index contributed by atoms with van der Waals surface area (Å²) >= 11 is 6.00. The average molecular weight is 441 g/mol. The standard InChI is InChI=1S/C23H25ClN4O3/c1-26(2)22(30)15-9-10-18-20(12-15)28(23(31)19-8-3-4-11-27(18)19)14-21(29)25-17-7-5-6-16(24)13-17/h5-7,9-10,12-13,19H,3-4,8,11,14H2,1-2H3,(H,25,29). The van der Waals surface area contributed by atoms with Crippen LogP contribution in [0.1, 0.15) is 29.6 Å². The van der Waals surface area contributed by atoms with Crippen LogP contribution in [0.5, 0.6) is 0 Å². The molecule has 31 heavy (non-hydrogen) atoms. The number of hydrogen-bond acceptors (Lipinski definition) is 4. The van der Waals surface area contributed by atoms with Gasteiger partial charge in [0.25, 0.3) is 5.91 Å². The molecule has 3 amide bonds. The minimum absolute atomic E-state index is 0.108. The molecular weight excluding hydrogens is 416 g/mol. The normalized spacial score (nSPS) is 17.6. The summed E-state index contributed by atoms with van der Waals surface area (Å²) in [5.74, 6) is -0.586. The predicted octanol–water partition coefficient (Wildman–Crippen LogP) is 3.39. The van der Waals surface area contributed by atoms with Gasteiger partial charge in [-0.05, 0) is 55.7 Å². The fourth-order valence-corrected chi connectivity index (χ4v) is 4.41. The number of nitrogens with zero attached hydrogens (tertiary/aromatic N) is 3. The van der Waals surface area contributed by atoms with Crippen molar-refractivity contribution in [2.24, 2.45) is 0 Å². The Morgan fingerprint density at radius 1 is 1.13 bits per heavy atom. The molecule has 7 nitrogen and oxygen atoms in total. The molecule has 1 N–H and O–H groups in total. The number of fused-ring (bicyclic) bond motifs is 3. The molecule has 2 aromatic carbocycles. The second-order valence-corrected chi connectivity index (χ2v) is 8.53. The van der Waals surface area contributed by atoms with Gasteiger partial charge in [-0.3, -0.25) is 19.3 Å². The Morgan fingerprint density at radius 2 is 1.94 bits per heavy atom. The van der Waals surface area contributed by atoms with E-state index in [0.717, 1.165) is 31.5 Å². The van der Waals surface area contributed by atoms with Gasteiger partial charge in [0, 0.05) is 36.9 Å². The van der Waals surface area contributed by atoms with Gasteiger partial charge in [-0.25, -0.2) is 0 Å². The molecule has 2 aliphatic rings. The van der Waals surface area contributed by atoms with Crippen molar-refractivity contribution in [1.29, 1.82) is 0 Å². The summed E-state index contributed by atoms with van der Waals surface area (Å²) in [5, 5.41) is 3.32. The minimum atomic E-state index is -0.324. The van der Waals surface area contributed by atoms with Gasteiger partial charge in [0.1, 0.15) is 12.6 Å². The molecule has 2 aromatic rings. The van der Waals surface area contributed by atoms with Gasteiger partial charge in [0.15, 0.2) is 0 Å². The molecule has 0 aromatic heterocycles. The lowest BCUT2D eigenvalue weighted by Crippen LogP contribution is -2.56. The van der Waals surface area contributed by atoms with Gasteiger partial charge < -0.3 is 15.1 Å². The Labute approximate surface area is 186 Å². The molecule has 0 radical (unpaired) electrons. The zero-order valence-electron chi connectivity index (χ0n) is 17.6. The van der Waals surface area contributed by atoms with E-state index < -0.39 is 0 Å². The first kappa shape index (κ1) is 21.2. The highest BCUT2D eigenvalue weighted by Gasteiger charge is 2.40. The maximum absolute atomic E-state index is 13.4. The number of piperidine rings is 1. The molecule has 1 fully saturated rings. The highest BCUT2D eigenvalue weighted by molar-refractivity contribution is 6.30. The van der Waals surface area contributed by atoms with Crippen molar-refractivity contribution in [2.75, 3.05) is 42.3 Å². The van der Waals surface area contributed by atoms with Crippen LogP contribution in [-0.2, 0) is 9.59 Å². The van der Waals surface area contributed by atoms with Crippen LogP contribution in [0.3, 0.4) is 0 Å². The number of halogens is 1. The lowest BCUT2D eigenvalue weighted by molar-refractivity contribution is -0.123. The SMILES string of the molecule is CN(C)C(=O)c1ccc2c(c1)N(CC(=O)Nc1cccc(Cl)c1)C(=O)C1CCCCN21. The fraction of sp³-hybridized carbons (Fsp3) is 0.348. The third-order valence-electron chi connectivity index (χ3n) is 5.69. The third-order valence-corrected chi connectivity index (χ3v) is 5.93. The van der Waals surface area contributed by atoms with E-state index in [4.69, 9.17) is 11.6 Å². The van der Waals surface area contributed by atoms with Gasteiger partial charge in [0.05, 0.1) is 11.4 Å². The number of carbonyl (C=O) groups is 3. The summed E-state index contributed by atoms with van der Waals surface area (Å²) in [5.41, 5.74) is 2.53. The number of carbonyl (C=O) groups excluding carboxylic acids is 3. The van der Waals surface area contributed by atoms with E-state index in [2.05, 4.69) is 10.2 Å². The predicted molar refractivity (Wildman–Crippen MR) is 122 cm³/mol. The van der Waals surface area contributed by atoms with E-state index in [9.17, 15) is 14.4 Å². The van der Waals surface area contributed by atoms with Crippen LogP contribution in [0.15, 0.2) is 42.5 Å². The number of nitrogens with one attached hydrogen (secondary N) is 1. The molecule has 1 atom stereocenters. The smallest absolute Gasteiger partial charge is 0.253 e. The summed E-state index contributed by atoms with van der Waals surface area (Å²) in [4.78, 5) is 43.8. The lowest BCUT2D eigenvalue weighted by atomic mass is 9.95. The number of hydrogen-bond donors (Lipinski definition) is 1. The Kier molecular flexibility index (Phi) is 5.87. The first-order chi connectivity index (χ1) is 14.8. The number of rotatable bonds is 4. The van der Waals surface area contributed by atoms with Gasteiger partial charge >= 0.3 is 0 Å². The largest absolute Gasteiger partial charge is 0.358 e. The number of amides is 3. The molecule has 1 saturated heterocycles. The molecule has 1 unspecified atom stereocenters. The van der Waals surface area contributed by atoms with Gasteiger partial charge in [-0.2, -0.15) is 0 Å². The van der Waals surface area contributed by atoms with Crippen molar-refractivity contribution in [3.63, 3.8) is 0 Å². The van der Waals surface area contributed by atoms with Crippen molar-refractivity contribution < 1.29 is 14.4 Å². The van der Waals surface area contributed by atoms with Crippen LogP contribution < -0.4 is 15.1 Å². The Hall–Kier alpha value is -3.06. The van der Waals surface area contributed by atoms with E-state index in [1.807, 2.05) is 6.07 Å². The molecule has 0 spiro atoms. The molecule has 0 aliphatic carbocycles. The second-order valence-electron chi connectivity index (χ2n) is 8.09. The maximum atomic E-state index is 13.4. The number of anilines is 3. The van der Waals surface area contributed by atoms with Crippen LogP contribution >= 0.6 is 11.6 Å². The average Bonchev–Trinajstić information content (AvgIpc) is 2.75. The second kappa shape index (κ2) is 8.59. The molecule has 2 heterocycles. The summed E-state index contributed by atoms with van der Waals surface area (Å²) in [7, 11) is 3.37. The first-order valence-corrected chi connectivity index (χ1v) is 10.7. The highest BCUT2D eigenvalue weighted by Crippen LogP contribution is 2.40. The van der Waals surface area contributed by atoms with Crippen molar-refractivity contribution in [3.8, 4) is 0 Å². The zero-order chi connectivity index (χ0) is 22.1. The summed E-state index contributed by atoms with van der Waals surface area (Å²) in [6.07, 6.45) is 2.74. The quantitative estimate of drug-likeness (QED) is 0.791. The van der Waals surface area contributed by atoms with Crippen molar-refractivity contribution in [2.45, 2.75) is 25.3 Å². The monoisotopic (exact) mass is 440 g/mol. The van der Waals surface area contributed by atoms with Gasteiger partial charge in [-0.1, -0.05) is 17.7 Å². The molecule has 0 saturated carbocycles. The highest BCUT2D eigenvalue weighted by atomic mass is 35.5. The van der Waals surface area contributed by atoms with Crippen LogP contribution in [0.25, 0.3) is 0 Å². The van der Waals surface area contributed by atoms with E-state index in [0.29, 0.717) is 22.0 Å². The Bertz CT molecular complexity index is 1040. The Balaban J connectivity index is 1.67. The minimum Gasteiger partial charge on any atom is -0.358 e. The van der Waals surface area contributed by atoms with E-state index in [1.54, 1.807) is 50.5 Å². The van der Waals surface area contributed by atoms with Gasteiger partial charge in [0.2, 0.25) is 11.8 Å². The molecule has 2 aliphatic heterocycles. The number of benzene rings is 2. The molecule has 162 valence electrons. The van der Waals surface area contributed by atoms with E-state index in [-0.39, 0.29) is 30.3 Å². The van der Waals surface area contributed by atoms with Gasteiger partial charge in [-0.15, -0.1) is 0 Å². The molecule has 4 rings (SSSR count). The third kappa shape index (κ3) is 4.23. The fourth-order valence-electron chi connectivity index (χ4n) is 4.22. The summed E-state index contributed by atoms with van der Waals surface area (Å²) in [6.45, 7) is 0.648. The van der Waals surface area contributed by atoms with Crippen LogP contribution in [0, 0.1) is 0 Å². The summed E-state index contributed by atoms with van der Waals surface area (Å²) in [6, 6.07) is 12.0. The topological polar surface area (TPSA) is 73.0 Å². The van der Waals surface area contributed by atoms with Crippen LogP contribution in [0.4, 0.5) is 17.1 Å².